The number of phenols is 1. The van der Waals surface area contributed by atoms with Gasteiger partial charge in [0.05, 0.1) is 31.1 Å². The number of benzene rings is 3. The Kier molecular flexibility index (Phi) is 38.8. The molecule has 15 atom stereocenters. The van der Waals surface area contributed by atoms with Crippen LogP contribution in [0.1, 0.15) is 154 Å². The summed E-state index contributed by atoms with van der Waals surface area (Å²) in [4.78, 5) is 270. The molecule has 42 heteroatoms. The summed E-state index contributed by atoms with van der Waals surface area (Å²) in [6.07, 6.45) is 4.27. The second kappa shape index (κ2) is 49.7. The van der Waals surface area contributed by atoms with Crippen LogP contribution in [-0.4, -0.2) is 305 Å². The number of likely N-dealkylation sites (N-methyl/N-ethyl adjacent to an activating group) is 3. The molecule has 0 radical (unpaired) electrons. The van der Waals surface area contributed by atoms with Crippen molar-refractivity contribution in [2.45, 2.75) is 248 Å². The van der Waals surface area contributed by atoms with Gasteiger partial charge in [0, 0.05) is 118 Å². The number of fused-ring (bicyclic) bond motifs is 4. The summed E-state index contributed by atoms with van der Waals surface area (Å²) in [5.74, 6) is -16.9. The Morgan fingerprint density at radius 1 is 0.530 bits per heavy atom. The van der Waals surface area contributed by atoms with E-state index in [1.807, 2.05) is 26.0 Å². The third-order valence-electron chi connectivity index (χ3n) is 24.3. The average molecular weight is 1880 g/mol. The number of imidazole rings is 1. The van der Waals surface area contributed by atoms with Crippen LogP contribution in [0.25, 0.3) is 21.8 Å². The Morgan fingerprint density at radius 3 is 1.63 bits per heavy atom. The van der Waals surface area contributed by atoms with Crippen LogP contribution in [0.15, 0.2) is 97.7 Å². The molecule has 3 saturated heterocycles. The highest BCUT2D eigenvalue weighted by atomic mass is 32.2. The normalized spacial score (nSPS) is 25.0. The van der Waals surface area contributed by atoms with E-state index in [1.165, 1.54) is 74.7 Å². The molecule has 6 heterocycles. The van der Waals surface area contributed by atoms with Gasteiger partial charge in [-0.25, -0.2) is 4.98 Å². The number of amides is 17. The summed E-state index contributed by atoms with van der Waals surface area (Å²) in [6.45, 7) is 10.7. The molecule has 0 bridgehead atoms. The molecular formula is C92H130N22O19S. The quantitative estimate of drug-likeness (QED) is 0.0334. The van der Waals surface area contributed by atoms with Crippen molar-refractivity contribution in [1.82, 2.24) is 97.6 Å². The maximum Gasteiger partial charge on any atom is 0.246 e. The number of H-pyrrole nitrogens is 3. The van der Waals surface area contributed by atoms with Crippen molar-refractivity contribution in [2.24, 2.45) is 29.0 Å². The van der Waals surface area contributed by atoms with Crippen molar-refractivity contribution >= 4 is 134 Å². The third-order valence-corrected chi connectivity index (χ3v) is 25.4. The molecule has 17 amide bonds. The number of carbonyl (C=O) groups is 17. The van der Waals surface area contributed by atoms with Crippen molar-refractivity contribution in [3.63, 3.8) is 0 Å². The van der Waals surface area contributed by atoms with Crippen molar-refractivity contribution in [3.05, 3.63) is 120 Å². The molecule has 0 spiro atoms. The number of nitrogens with one attached hydrogen (secondary N) is 13. The first-order chi connectivity index (χ1) is 63.8. The van der Waals surface area contributed by atoms with Crippen LogP contribution in [0, 0.1) is 11.8 Å². The maximum absolute atomic E-state index is 15.8. The fourth-order valence-corrected chi connectivity index (χ4v) is 17.8. The number of primary amides is 2. The minimum atomic E-state index is -1.77. The van der Waals surface area contributed by atoms with E-state index in [0.717, 1.165) is 26.5 Å². The topological polar surface area (TPSA) is 605 Å². The number of nitrogens with two attached hydrogens (primary N) is 3. The van der Waals surface area contributed by atoms with E-state index in [0.29, 0.717) is 69.9 Å². The van der Waals surface area contributed by atoms with Gasteiger partial charge in [-0.3, -0.25) is 81.5 Å². The first-order valence-corrected chi connectivity index (χ1v) is 46.7. The van der Waals surface area contributed by atoms with Crippen LogP contribution in [0.4, 0.5) is 0 Å². The largest absolute Gasteiger partial charge is 0.508 e. The highest BCUT2D eigenvalue weighted by Gasteiger charge is 2.47. The molecule has 21 N–H and O–H groups in total. The number of unbranched alkanes of at least 4 members (excludes halogenated alkanes) is 2. The van der Waals surface area contributed by atoms with Crippen LogP contribution >= 0.6 is 11.8 Å². The second-order valence-corrected chi connectivity index (χ2v) is 36.5. The van der Waals surface area contributed by atoms with E-state index >= 15 is 38.4 Å². The first kappa shape index (κ1) is 105. The number of aromatic nitrogens is 4. The van der Waals surface area contributed by atoms with E-state index < -0.39 is 216 Å². The highest BCUT2D eigenvalue weighted by molar-refractivity contribution is 8.00. The van der Waals surface area contributed by atoms with Gasteiger partial charge in [0.15, 0.2) is 0 Å². The number of rotatable bonds is 25. The second-order valence-electron chi connectivity index (χ2n) is 35.5. The Bertz CT molecular complexity index is 5140. The fourth-order valence-electron chi connectivity index (χ4n) is 16.9. The summed E-state index contributed by atoms with van der Waals surface area (Å²) in [7, 11) is 4.03. The van der Waals surface area contributed by atoms with Gasteiger partial charge in [0.1, 0.15) is 90.3 Å². The predicted octanol–water partition coefficient (Wildman–Crippen LogP) is -0.790. The zero-order chi connectivity index (χ0) is 97.9. The van der Waals surface area contributed by atoms with E-state index in [4.69, 9.17) is 17.2 Å². The lowest BCUT2D eigenvalue weighted by Gasteiger charge is -2.36. The van der Waals surface area contributed by atoms with E-state index in [2.05, 4.69) is 73.1 Å². The molecule has 3 fully saturated rings. The molecule has 134 heavy (non-hydrogen) atoms. The van der Waals surface area contributed by atoms with Gasteiger partial charge >= 0.3 is 0 Å². The highest BCUT2D eigenvalue weighted by Crippen LogP contribution is 2.28. The lowest BCUT2D eigenvalue weighted by molar-refractivity contribution is -0.149. The maximum atomic E-state index is 15.8. The minimum Gasteiger partial charge on any atom is -0.508 e. The molecule has 41 nitrogen and oxygen atoms in total. The van der Waals surface area contributed by atoms with Crippen LogP contribution < -0.4 is 70.4 Å². The van der Waals surface area contributed by atoms with Crippen LogP contribution in [0.5, 0.6) is 5.75 Å². The van der Waals surface area contributed by atoms with Crippen molar-refractivity contribution in [1.29, 1.82) is 0 Å². The molecule has 3 aromatic carbocycles. The number of aromatic hydroxyl groups is 1. The van der Waals surface area contributed by atoms with Crippen LogP contribution in [0.3, 0.4) is 0 Å². The van der Waals surface area contributed by atoms with Gasteiger partial charge in [-0.2, -0.15) is 0 Å². The Balaban J connectivity index is 1.10. The van der Waals surface area contributed by atoms with E-state index in [1.54, 1.807) is 76.5 Å². The zero-order valence-electron chi connectivity index (χ0n) is 77.5. The Morgan fingerprint density at radius 2 is 1.04 bits per heavy atom. The van der Waals surface area contributed by atoms with Gasteiger partial charge < -0.3 is 120 Å². The summed E-state index contributed by atoms with van der Waals surface area (Å²) < 4.78 is 0. The SMILES string of the molecule is CCCC[C@H]1C(=O)N(C)[C@@H](CCCC)C(=O)N[C@@H](CC(C)C)C(=O)N[C@H](C(=O)NCC(N)=O)CSCC(=O)N[C@@H](Cc2ccc(O)cc2)C(=O)N(C)[C@@H](C)C(=O)N[C@@H](CC(N)=O)C(=O)N2CCC[C@H]2C(=O)N[C@@H](Cc2cnc[nH]2)C(=O)N[C@@H](CC(C)C)C(=O)N2C[C@H](O)C[C@H]2C(=O)N[C@@H](Cc2c[nH]c3ccccc23)C(=O)N[C@@H](CCN)C(=O)N[C@@H](Cc2c[nH]c3ccccc23)C(=O)N1C. The minimum absolute atomic E-state index is 0.00407. The number of aromatic amines is 3. The van der Waals surface area contributed by atoms with Crippen molar-refractivity contribution < 1.29 is 91.7 Å². The van der Waals surface area contributed by atoms with Crippen molar-refractivity contribution in [2.75, 3.05) is 58.8 Å². The average Bonchev–Trinajstić information content (AvgIpc) is 1.64. The molecule has 6 aromatic rings. The number of aliphatic hydroxyl groups excluding tert-OH is 1. The van der Waals surface area contributed by atoms with Crippen LogP contribution in [-0.2, 0) is 107 Å². The smallest absolute Gasteiger partial charge is 0.246 e. The number of aliphatic hydroxyl groups is 1. The molecule has 3 aliphatic rings. The number of carbonyl (C=O) groups excluding carboxylic acids is 17. The molecular weight excluding hydrogens is 1750 g/mol. The molecule has 3 aromatic heterocycles. The number of thioether (sulfide) groups is 1. The van der Waals surface area contributed by atoms with Crippen molar-refractivity contribution in [3.8, 4) is 5.75 Å². The lowest BCUT2D eigenvalue weighted by atomic mass is 9.99. The number of para-hydroxylation sites is 2. The van der Waals surface area contributed by atoms with Gasteiger partial charge in [-0.1, -0.05) is 116 Å². The Labute approximate surface area is 781 Å². The fraction of sp³-hybridized carbons (Fsp3) is 0.543. The summed E-state index contributed by atoms with van der Waals surface area (Å²) in [6, 6.07) is -0.896. The molecule has 0 saturated carbocycles. The summed E-state index contributed by atoms with van der Waals surface area (Å²) in [5.41, 5.74) is 20.6. The molecule has 0 unspecified atom stereocenters. The lowest BCUT2D eigenvalue weighted by Crippen LogP contribution is -2.61. The summed E-state index contributed by atoms with van der Waals surface area (Å²) in [5, 5.41) is 50.2. The van der Waals surface area contributed by atoms with Gasteiger partial charge in [-0.15, -0.1) is 11.8 Å². The Hall–Kier alpha value is -13.0. The number of hydrogen-bond donors (Lipinski definition) is 18. The summed E-state index contributed by atoms with van der Waals surface area (Å²) >= 11 is 0.803. The molecule has 3 aliphatic heterocycles. The number of nitrogens with zero attached hydrogens (tertiary/aromatic N) is 6. The predicted molar refractivity (Wildman–Crippen MR) is 497 cm³/mol. The van der Waals surface area contributed by atoms with E-state index in [-0.39, 0.29) is 113 Å². The number of hydrogen-bond acceptors (Lipinski definition) is 22. The molecule has 728 valence electrons. The standard InChI is InChI=1S/C92H130N22O19S/c1-11-13-24-72-85(126)103-64(34-50(3)4)82(123)109-71(80(121)99-45-77(95)118)47-134-48-78(119)101-68(36-53-27-29-57(115)30-28-53)88(129)110(8)52(7)79(120)106-70(41-76(94)117)90(131)113-33-19-26-73(113)86(127)105-66(39-56-44-96-49-100-56)84(125)107-67(35-51(5)6)91(132)114-46-58(116)40-75(114)87(128)104-65(37-54-42-97-61-22-17-15-20-59(54)61)83(124)102-63(31-32-93)81(122)108-69(38-55-43-98-62-23-18-16-21-60(55)62)89(130)112(10)74(25-14-12-2)92(133)111(72)9/h15-18,20-23,27-30,42-44,49-52,58,63-75,97-98,115-116H,11-14,19,24-26,31-41,45-48,93H2,1-10H3,(H2,94,117)(H2,95,118)(H,96,100)(H,99,121)(H,101,119)(H,102,124)(H,103,126)(H,104,128)(H,105,127)(H,106,120)(H,107,125)(H,108,122)(H,109,123)/t52-,58+,63-,64-,65-,66-,67-,68-,69-,70-,71-,72-,73-,74-,75-/m0/s1. The zero-order valence-corrected chi connectivity index (χ0v) is 78.3. The third kappa shape index (κ3) is 28.8. The van der Waals surface area contributed by atoms with E-state index in [9.17, 15) is 53.4 Å². The first-order valence-electron chi connectivity index (χ1n) is 45.6. The van der Waals surface area contributed by atoms with Gasteiger partial charge in [-0.05, 0) is 111 Å². The van der Waals surface area contributed by atoms with Crippen LogP contribution in [0.2, 0.25) is 0 Å². The molecule has 0 aliphatic carbocycles. The monoisotopic (exact) mass is 1880 g/mol. The van der Waals surface area contributed by atoms with Gasteiger partial charge in [0.2, 0.25) is 100 Å². The van der Waals surface area contributed by atoms with Gasteiger partial charge in [0.25, 0.3) is 0 Å². The number of phenolic OH excluding ortho intramolecular Hbond substituents is 1. The molecule has 9 rings (SSSR count).